The minimum atomic E-state index is -0.167. The summed E-state index contributed by atoms with van der Waals surface area (Å²) in [7, 11) is 0. The van der Waals surface area contributed by atoms with Crippen LogP contribution in [0.5, 0.6) is 0 Å². The highest BCUT2D eigenvalue weighted by molar-refractivity contribution is 6.05. The Kier molecular flexibility index (Phi) is 4.69. The Hall–Kier alpha value is -2.17. The zero-order chi connectivity index (χ0) is 17.3. The van der Waals surface area contributed by atoms with Gasteiger partial charge in [-0.25, -0.2) is 0 Å². The molecular weight excluding hydrogens is 304 g/mol. The molecule has 0 radical (unpaired) electrons. The molecule has 2 fully saturated rings. The zero-order valence-corrected chi connectivity index (χ0v) is 14.3. The Bertz CT molecular complexity index is 659. The molecule has 3 amide bonds. The molecule has 128 valence electrons. The van der Waals surface area contributed by atoms with Gasteiger partial charge < -0.3 is 5.32 Å². The Morgan fingerprint density at radius 3 is 2.38 bits per heavy atom. The molecule has 5 nitrogen and oxygen atoms in total. The predicted octanol–water partition coefficient (Wildman–Crippen LogP) is 2.81. The highest BCUT2D eigenvalue weighted by atomic mass is 16.2. The summed E-state index contributed by atoms with van der Waals surface area (Å²) in [5.41, 5.74) is 2.93. The lowest BCUT2D eigenvalue weighted by atomic mass is 9.81. The van der Waals surface area contributed by atoms with Crippen molar-refractivity contribution in [2.75, 3.05) is 11.9 Å². The summed E-state index contributed by atoms with van der Waals surface area (Å²) in [5, 5.41) is 2.88. The van der Waals surface area contributed by atoms with Gasteiger partial charge >= 0.3 is 0 Å². The molecule has 1 aromatic rings. The number of carbonyl (C=O) groups is 3. The normalized spacial score (nSPS) is 23.3. The summed E-state index contributed by atoms with van der Waals surface area (Å²) in [5.74, 6) is -0.616. The van der Waals surface area contributed by atoms with E-state index in [1.807, 2.05) is 32.0 Å². The average molecular weight is 328 g/mol. The fraction of sp³-hybridized carbons (Fsp3) is 0.526. The van der Waals surface area contributed by atoms with E-state index in [-0.39, 0.29) is 42.5 Å². The molecule has 2 atom stereocenters. The van der Waals surface area contributed by atoms with Gasteiger partial charge in [-0.2, -0.15) is 0 Å². The minimum absolute atomic E-state index is 0.0794. The molecule has 1 saturated heterocycles. The van der Waals surface area contributed by atoms with Crippen molar-refractivity contribution in [3.05, 3.63) is 29.3 Å². The van der Waals surface area contributed by atoms with E-state index < -0.39 is 0 Å². The fourth-order valence-electron chi connectivity index (χ4n) is 3.76. The van der Waals surface area contributed by atoms with Crippen LogP contribution in [0.3, 0.4) is 0 Å². The Labute approximate surface area is 142 Å². The third-order valence-electron chi connectivity index (χ3n) is 5.37. The summed E-state index contributed by atoms with van der Waals surface area (Å²) in [4.78, 5) is 38.3. The largest absolute Gasteiger partial charge is 0.326 e. The predicted molar refractivity (Wildman–Crippen MR) is 91.3 cm³/mol. The first-order chi connectivity index (χ1) is 11.5. The summed E-state index contributed by atoms with van der Waals surface area (Å²) in [6, 6.07) is 5.76. The number of imide groups is 1. The molecule has 2 aliphatic rings. The maximum Gasteiger partial charge on any atom is 0.233 e. The van der Waals surface area contributed by atoms with E-state index in [0.717, 1.165) is 42.5 Å². The molecule has 3 rings (SSSR count). The lowest BCUT2D eigenvalue weighted by Crippen LogP contribution is -2.34. The van der Waals surface area contributed by atoms with E-state index >= 15 is 0 Å². The second-order valence-electron chi connectivity index (χ2n) is 6.87. The molecule has 1 aliphatic heterocycles. The second-order valence-corrected chi connectivity index (χ2v) is 6.87. The first kappa shape index (κ1) is 16.7. The molecule has 24 heavy (non-hydrogen) atoms. The van der Waals surface area contributed by atoms with E-state index in [9.17, 15) is 14.4 Å². The van der Waals surface area contributed by atoms with Crippen LogP contribution in [-0.4, -0.2) is 29.2 Å². The number of likely N-dealkylation sites (tertiary alicyclic amines) is 1. The zero-order valence-electron chi connectivity index (χ0n) is 14.3. The number of anilines is 1. The maximum absolute atomic E-state index is 12.4. The van der Waals surface area contributed by atoms with Crippen LogP contribution < -0.4 is 5.32 Å². The fourth-order valence-corrected chi connectivity index (χ4v) is 3.76. The first-order valence-corrected chi connectivity index (χ1v) is 8.70. The van der Waals surface area contributed by atoms with Crippen molar-refractivity contribution in [3.63, 3.8) is 0 Å². The highest BCUT2D eigenvalue weighted by Crippen LogP contribution is 2.37. The van der Waals surface area contributed by atoms with Crippen molar-refractivity contribution >= 4 is 23.4 Å². The quantitative estimate of drug-likeness (QED) is 0.864. The summed E-state index contributed by atoms with van der Waals surface area (Å²) in [6.07, 6.45) is 3.79. The third-order valence-corrected chi connectivity index (χ3v) is 5.37. The van der Waals surface area contributed by atoms with Crippen LogP contribution in [0.25, 0.3) is 0 Å². The van der Waals surface area contributed by atoms with E-state index in [1.165, 1.54) is 4.90 Å². The number of aryl methyl sites for hydroxylation is 1. The topological polar surface area (TPSA) is 66.5 Å². The summed E-state index contributed by atoms with van der Waals surface area (Å²) < 4.78 is 0. The van der Waals surface area contributed by atoms with Gasteiger partial charge in [0.1, 0.15) is 0 Å². The lowest BCUT2D eigenvalue weighted by molar-refractivity contribution is -0.140. The molecule has 0 unspecified atom stereocenters. The molecule has 1 N–H and O–H groups in total. The van der Waals surface area contributed by atoms with E-state index in [4.69, 9.17) is 0 Å². The van der Waals surface area contributed by atoms with Gasteiger partial charge in [-0.15, -0.1) is 0 Å². The SMILES string of the molecule is Cc1cccc(NC(=O)CCN2C(=O)[C@H]3CCCC[C@H]3C2=O)c1C. The van der Waals surface area contributed by atoms with Gasteiger partial charge in [0.2, 0.25) is 17.7 Å². The van der Waals surface area contributed by atoms with E-state index in [1.54, 1.807) is 0 Å². The maximum atomic E-state index is 12.4. The number of rotatable bonds is 4. The van der Waals surface area contributed by atoms with Gasteiger partial charge in [0.25, 0.3) is 0 Å². The van der Waals surface area contributed by atoms with Gasteiger partial charge in [0.05, 0.1) is 11.8 Å². The average Bonchev–Trinajstić information content (AvgIpc) is 2.82. The number of hydrogen-bond acceptors (Lipinski definition) is 3. The Balaban J connectivity index is 1.59. The number of amides is 3. The van der Waals surface area contributed by atoms with Crippen molar-refractivity contribution in [2.45, 2.75) is 46.0 Å². The van der Waals surface area contributed by atoms with Gasteiger partial charge in [-0.1, -0.05) is 25.0 Å². The van der Waals surface area contributed by atoms with Crippen LogP contribution >= 0.6 is 0 Å². The molecule has 1 heterocycles. The van der Waals surface area contributed by atoms with Crippen LogP contribution in [0.1, 0.15) is 43.2 Å². The lowest BCUT2D eigenvalue weighted by Gasteiger charge is -2.19. The molecule has 0 aromatic heterocycles. The number of nitrogens with one attached hydrogen (secondary N) is 1. The van der Waals surface area contributed by atoms with E-state index in [2.05, 4.69) is 5.32 Å². The number of nitrogens with zero attached hydrogens (tertiary/aromatic N) is 1. The van der Waals surface area contributed by atoms with Crippen LogP contribution in [-0.2, 0) is 14.4 Å². The van der Waals surface area contributed by atoms with Crippen LogP contribution in [0, 0.1) is 25.7 Å². The molecular formula is C19H24N2O3. The number of fused-ring (bicyclic) bond motifs is 1. The number of carbonyl (C=O) groups excluding carboxylic acids is 3. The Morgan fingerprint density at radius 1 is 1.12 bits per heavy atom. The smallest absolute Gasteiger partial charge is 0.233 e. The number of hydrogen-bond donors (Lipinski definition) is 1. The van der Waals surface area contributed by atoms with Crippen molar-refractivity contribution < 1.29 is 14.4 Å². The molecule has 0 spiro atoms. The van der Waals surface area contributed by atoms with Crippen LogP contribution in [0.2, 0.25) is 0 Å². The van der Waals surface area contributed by atoms with Gasteiger partial charge in [0.15, 0.2) is 0 Å². The van der Waals surface area contributed by atoms with E-state index in [0.29, 0.717) is 0 Å². The van der Waals surface area contributed by atoms with Crippen molar-refractivity contribution in [3.8, 4) is 0 Å². The first-order valence-electron chi connectivity index (χ1n) is 8.70. The molecule has 1 saturated carbocycles. The highest BCUT2D eigenvalue weighted by Gasteiger charge is 2.47. The second kappa shape index (κ2) is 6.75. The van der Waals surface area contributed by atoms with Crippen LogP contribution in [0.15, 0.2) is 18.2 Å². The summed E-state index contributed by atoms with van der Waals surface area (Å²) in [6.45, 7) is 4.14. The molecule has 5 heteroatoms. The summed E-state index contributed by atoms with van der Waals surface area (Å²) >= 11 is 0. The molecule has 0 bridgehead atoms. The molecule has 1 aliphatic carbocycles. The third kappa shape index (κ3) is 3.07. The van der Waals surface area contributed by atoms with Crippen molar-refractivity contribution in [1.29, 1.82) is 0 Å². The Morgan fingerprint density at radius 2 is 1.75 bits per heavy atom. The standard InChI is InChI=1S/C19H24N2O3/c1-12-6-5-9-16(13(12)2)20-17(22)10-11-21-18(23)14-7-3-4-8-15(14)19(21)24/h5-6,9,14-15H,3-4,7-8,10-11H2,1-2H3,(H,20,22)/t14-,15+. The number of benzene rings is 1. The van der Waals surface area contributed by atoms with Gasteiger partial charge in [-0.3, -0.25) is 19.3 Å². The van der Waals surface area contributed by atoms with Gasteiger partial charge in [-0.05, 0) is 43.9 Å². The monoisotopic (exact) mass is 328 g/mol. The minimum Gasteiger partial charge on any atom is -0.326 e. The molecule has 1 aromatic carbocycles. The van der Waals surface area contributed by atoms with Crippen molar-refractivity contribution in [1.82, 2.24) is 4.90 Å². The van der Waals surface area contributed by atoms with Gasteiger partial charge in [0, 0.05) is 18.7 Å². The van der Waals surface area contributed by atoms with Crippen molar-refractivity contribution in [2.24, 2.45) is 11.8 Å². The van der Waals surface area contributed by atoms with Crippen LogP contribution in [0.4, 0.5) is 5.69 Å².